The number of ether oxygens (including phenoxy) is 2. The summed E-state index contributed by atoms with van der Waals surface area (Å²) < 4.78 is 11.8. The number of pyridine rings is 1. The van der Waals surface area contributed by atoms with Crippen molar-refractivity contribution in [1.82, 2.24) is 15.0 Å². The Balaban J connectivity index is 1.38. The second-order valence-electron chi connectivity index (χ2n) is 5.90. The van der Waals surface area contributed by atoms with Gasteiger partial charge in [0.05, 0.1) is 30.5 Å². The fourth-order valence-electron chi connectivity index (χ4n) is 3.26. The first-order valence-electron chi connectivity index (χ1n) is 7.66. The molecule has 23 heavy (non-hydrogen) atoms. The molecular formula is C16H17ClN4O2. The van der Waals surface area contributed by atoms with Crippen LogP contribution < -0.4 is 9.64 Å². The number of aromatic nitrogens is 3. The highest BCUT2D eigenvalue weighted by molar-refractivity contribution is 6.30. The summed E-state index contributed by atoms with van der Waals surface area (Å²) in [6.45, 7) is 3.07. The Labute approximate surface area is 139 Å². The molecule has 0 spiro atoms. The molecule has 0 radical (unpaired) electrons. The summed E-state index contributed by atoms with van der Waals surface area (Å²) >= 11 is 5.93. The Bertz CT molecular complexity index is 672. The lowest BCUT2D eigenvalue weighted by Gasteiger charge is -2.19. The zero-order valence-corrected chi connectivity index (χ0v) is 13.3. The first-order valence-corrected chi connectivity index (χ1v) is 8.04. The lowest BCUT2D eigenvalue weighted by Crippen LogP contribution is -2.27. The number of rotatable bonds is 4. The summed E-state index contributed by atoms with van der Waals surface area (Å²) in [5, 5.41) is 0.580. The van der Waals surface area contributed by atoms with Crippen LogP contribution >= 0.6 is 11.6 Å². The van der Waals surface area contributed by atoms with Crippen LogP contribution in [0.15, 0.2) is 36.9 Å². The normalized spacial score (nSPS) is 26.3. The standard InChI is InChI=1S/C16H17ClN4O2/c17-12-4-13(6-18-5-12)22-9-11-10-23-15-8-21(7-14(11)15)16-19-2-1-3-20-16/h1-6,11,14-15H,7-10H2/t11-,14+,15+/m0/s1. The smallest absolute Gasteiger partial charge is 0.225 e. The largest absolute Gasteiger partial charge is 0.492 e. The van der Waals surface area contributed by atoms with Crippen LogP contribution in [-0.4, -0.2) is 47.4 Å². The SMILES string of the molecule is Clc1cncc(OC[C@H]2CO[C@@H]3CN(c4ncccn4)C[C@H]23)c1. The number of halogens is 1. The third kappa shape index (κ3) is 3.09. The third-order valence-electron chi connectivity index (χ3n) is 4.42. The van der Waals surface area contributed by atoms with Crippen molar-refractivity contribution in [2.45, 2.75) is 6.10 Å². The molecule has 4 heterocycles. The van der Waals surface area contributed by atoms with Gasteiger partial charge in [-0.15, -0.1) is 0 Å². The van der Waals surface area contributed by atoms with Gasteiger partial charge in [0.25, 0.3) is 0 Å². The van der Waals surface area contributed by atoms with E-state index in [4.69, 9.17) is 21.1 Å². The Morgan fingerprint density at radius 2 is 2.13 bits per heavy atom. The van der Waals surface area contributed by atoms with Crippen molar-refractivity contribution in [2.24, 2.45) is 11.8 Å². The molecule has 2 aliphatic rings. The number of hydrogen-bond donors (Lipinski definition) is 0. The Hall–Kier alpha value is -1.92. The first kappa shape index (κ1) is 14.7. The van der Waals surface area contributed by atoms with Crippen LogP contribution in [0, 0.1) is 11.8 Å². The van der Waals surface area contributed by atoms with Crippen molar-refractivity contribution in [1.29, 1.82) is 0 Å². The maximum atomic E-state index is 5.93. The minimum absolute atomic E-state index is 0.227. The Kier molecular flexibility index (Phi) is 4.01. The molecule has 120 valence electrons. The number of hydrogen-bond acceptors (Lipinski definition) is 6. The monoisotopic (exact) mass is 332 g/mol. The van der Waals surface area contributed by atoms with E-state index in [9.17, 15) is 0 Å². The van der Waals surface area contributed by atoms with Crippen LogP contribution in [-0.2, 0) is 4.74 Å². The predicted molar refractivity (Wildman–Crippen MR) is 85.7 cm³/mol. The maximum Gasteiger partial charge on any atom is 0.225 e. The van der Waals surface area contributed by atoms with Crippen LogP contribution in [0.4, 0.5) is 5.95 Å². The lowest BCUT2D eigenvalue weighted by atomic mass is 9.94. The van der Waals surface area contributed by atoms with Crippen molar-refractivity contribution >= 4 is 17.5 Å². The molecule has 7 heteroatoms. The van der Waals surface area contributed by atoms with Crippen LogP contribution in [0.5, 0.6) is 5.75 Å². The molecule has 2 aromatic heterocycles. The van der Waals surface area contributed by atoms with E-state index in [0.717, 1.165) is 25.6 Å². The lowest BCUT2D eigenvalue weighted by molar-refractivity contribution is 0.108. The van der Waals surface area contributed by atoms with Gasteiger partial charge in [0.2, 0.25) is 5.95 Å². The molecule has 4 rings (SSSR count). The summed E-state index contributed by atoms with van der Waals surface area (Å²) in [7, 11) is 0. The maximum absolute atomic E-state index is 5.93. The first-order chi connectivity index (χ1) is 11.3. The zero-order chi connectivity index (χ0) is 15.6. The van der Waals surface area contributed by atoms with Crippen LogP contribution in [0.25, 0.3) is 0 Å². The molecule has 0 amide bonds. The molecule has 2 aliphatic heterocycles. The topological polar surface area (TPSA) is 60.4 Å². The van der Waals surface area contributed by atoms with E-state index in [1.54, 1.807) is 30.9 Å². The van der Waals surface area contributed by atoms with Crippen LogP contribution in [0.3, 0.4) is 0 Å². The summed E-state index contributed by atoms with van der Waals surface area (Å²) in [5.41, 5.74) is 0. The number of anilines is 1. The summed E-state index contributed by atoms with van der Waals surface area (Å²) in [5.74, 6) is 2.25. The molecule has 0 saturated carbocycles. The molecule has 2 fully saturated rings. The molecular weight excluding hydrogens is 316 g/mol. The van der Waals surface area contributed by atoms with E-state index in [-0.39, 0.29) is 6.10 Å². The van der Waals surface area contributed by atoms with Gasteiger partial charge in [0.1, 0.15) is 5.75 Å². The van der Waals surface area contributed by atoms with Crippen molar-refractivity contribution in [3.63, 3.8) is 0 Å². The fourth-order valence-corrected chi connectivity index (χ4v) is 3.43. The van der Waals surface area contributed by atoms with Gasteiger partial charge in [0.15, 0.2) is 0 Å². The fraction of sp³-hybridized carbons (Fsp3) is 0.438. The predicted octanol–water partition coefficient (Wildman–Crippen LogP) is 2.06. The second-order valence-corrected chi connectivity index (χ2v) is 6.34. The summed E-state index contributed by atoms with van der Waals surface area (Å²) in [6, 6.07) is 3.60. The Morgan fingerprint density at radius 3 is 2.96 bits per heavy atom. The van der Waals surface area contributed by atoms with E-state index in [1.165, 1.54) is 0 Å². The van der Waals surface area contributed by atoms with Gasteiger partial charge in [-0.05, 0) is 6.07 Å². The minimum Gasteiger partial charge on any atom is -0.492 e. The van der Waals surface area contributed by atoms with Gasteiger partial charge < -0.3 is 14.4 Å². The highest BCUT2D eigenvalue weighted by atomic mass is 35.5. The highest BCUT2D eigenvalue weighted by Crippen LogP contribution is 2.35. The van der Waals surface area contributed by atoms with Crippen molar-refractivity contribution in [2.75, 3.05) is 31.2 Å². The summed E-state index contributed by atoms with van der Waals surface area (Å²) in [6.07, 6.45) is 7.04. The molecule has 0 aliphatic carbocycles. The van der Waals surface area contributed by atoms with Gasteiger partial charge >= 0.3 is 0 Å². The van der Waals surface area contributed by atoms with Crippen molar-refractivity contribution in [3.05, 3.63) is 41.9 Å². The average molecular weight is 333 g/mol. The quantitative estimate of drug-likeness (QED) is 0.854. The molecule has 0 bridgehead atoms. The van der Waals surface area contributed by atoms with Crippen LogP contribution in [0.2, 0.25) is 5.02 Å². The van der Waals surface area contributed by atoms with Gasteiger partial charge in [-0.3, -0.25) is 4.98 Å². The molecule has 0 unspecified atom stereocenters. The second kappa shape index (κ2) is 6.29. The van der Waals surface area contributed by atoms with Crippen molar-refractivity contribution < 1.29 is 9.47 Å². The zero-order valence-electron chi connectivity index (χ0n) is 12.5. The molecule has 0 aromatic carbocycles. The molecule has 2 aromatic rings. The van der Waals surface area contributed by atoms with E-state index in [1.807, 2.05) is 6.07 Å². The van der Waals surface area contributed by atoms with E-state index >= 15 is 0 Å². The number of nitrogens with zero attached hydrogens (tertiary/aromatic N) is 4. The molecule has 2 saturated heterocycles. The summed E-state index contributed by atoms with van der Waals surface area (Å²) in [4.78, 5) is 14.9. The van der Waals surface area contributed by atoms with Gasteiger partial charge in [0, 0.05) is 49.6 Å². The minimum atomic E-state index is 0.227. The van der Waals surface area contributed by atoms with E-state index in [0.29, 0.717) is 29.2 Å². The molecule has 0 N–H and O–H groups in total. The van der Waals surface area contributed by atoms with Crippen LogP contribution in [0.1, 0.15) is 0 Å². The average Bonchev–Trinajstić information content (AvgIpc) is 3.15. The molecule has 3 atom stereocenters. The third-order valence-corrected chi connectivity index (χ3v) is 4.62. The van der Waals surface area contributed by atoms with E-state index < -0.39 is 0 Å². The van der Waals surface area contributed by atoms with Gasteiger partial charge in [-0.1, -0.05) is 11.6 Å². The van der Waals surface area contributed by atoms with Crippen molar-refractivity contribution in [3.8, 4) is 5.75 Å². The number of fused-ring (bicyclic) bond motifs is 1. The van der Waals surface area contributed by atoms with E-state index in [2.05, 4.69) is 19.9 Å². The van der Waals surface area contributed by atoms with Gasteiger partial charge in [-0.25, -0.2) is 9.97 Å². The highest BCUT2D eigenvalue weighted by Gasteiger charge is 2.44. The Morgan fingerprint density at radius 1 is 1.26 bits per heavy atom. The van der Waals surface area contributed by atoms with Gasteiger partial charge in [-0.2, -0.15) is 0 Å². The molecule has 6 nitrogen and oxygen atoms in total.